The van der Waals surface area contributed by atoms with Crippen molar-refractivity contribution in [1.29, 1.82) is 0 Å². The van der Waals surface area contributed by atoms with Crippen LogP contribution < -0.4 is 0 Å². The first kappa shape index (κ1) is 14.8. The van der Waals surface area contributed by atoms with Crippen LogP contribution in [0.3, 0.4) is 0 Å². The smallest absolute Gasteiger partial charge is 0.306 e. The monoisotopic (exact) mass is 268 g/mol. The zero-order valence-electron chi connectivity index (χ0n) is 11.9. The van der Waals surface area contributed by atoms with Gasteiger partial charge in [0.15, 0.2) is 0 Å². The lowest BCUT2D eigenvalue weighted by Gasteiger charge is -2.37. The van der Waals surface area contributed by atoms with Gasteiger partial charge in [0, 0.05) is 6.61 Å². The number of carboxylic acid groups (broad SMARTS) is 1. The van der Waals surface area contributed by atoms with Gasteiger partial charge >= 0.3 is 5.97 Å². The van der Waals surface area contributed by atoms with E-state index in [1.807, 2.05) is 0 Å². The second-order valence-electron chi connectivity index (χ2n) is 6.60. The number of aliphatic hydroxyl groups is 1. The molecule has 0 radical (unpaired) electrons. The number of hydrogen-bond acceptors (Lipinski definition) is 2. The van der Waals surface area contributed by atoms with E-state index in [1.54, 1.807) is 0 Å². The van der Waals surface area contributed by atoms with Crippen molar-refractivity contribution in [3.05, 3.63) is 0 Å². The quantitative estimate of drug-likeness (QED) is 0.803. The predicted octanol–water partition coefficient (Wildman–Crippen LogP) is 3.46. The van der Waals surface area contributed by atoms with E-state index in [-0.39, 0.29) is 5.92 Å². The molecule has 0 aromatic carbocycles. The molecule has 0 unspecified atom stereocenters. The SMILES string of the molecule is O=C(O)C1CCC([C@H]2CC[C@H](CCCO)CC2)CC1. The highest BCUT2D eigenvalue weighted by Gasteiger charge is 2.32. The zero-order valence-corrected chi connectivity index (χ0v) is 11.9. The van der Waals surface area contributed by atoms with Crippen molar-refractivity contribution in [1.82, 2.24) is 0 Å². The molecule has 0 aliphatic heterocycles. The first-order valence-electron chi connectivity index (χ1n) is 8.04. The number of carboxylic acids is 1. The lowest BCUT2D eigenvalue weighted by molar-refractivity contribution is -0.143. The van der Waals surface area contributed by atoms with Crippen LogP contribution in [0.25, 0.3) is 0 Å². The van der Waals surface area contributed by atoms with Gasteiger partial charge in [0.25, 0.3) is 0 Å². The fourth-order valence-electron chi connectivity index (χ4n) is 4.17. The van der Waals surface area contributed by atoms with E-state index in [9.17, 15) is 4.79 Å². The van der Waals surface area contributed by atoms with E-state index in [0.717, 1.165) is 49.9 Å². The second-order valence-corrected chi connectivity index (χ2v) is 6.60. The molecule has 0 amide bonds. The van der Waals surface area contributed by atoms with Crippen LogP contribution in [0.2, 0.25) is 0 Å². The van der Waals surface area contributed by atoms with Gasteiger partial charge in [-0.05, 0) is 69.1 Å². The molecule has 2 saturated carbocycles. The summed E-state index contributed by atoms with van der Waals surface area (Å²) in [6, 6.07) is 0. The minimum atomic E-state index is -0.592. The van der Waals surface area contributed by atoms with Gasteiger partial charge in [-0.2, -0.15) is 0 Å². The van der Waals surface area contributed by atoms with Crippen LogP contribution in [0.5, 0.6) is 0 Å². The van der Waals surface area contributed by atoms with Crippen molar-refractivity contribution in [2.45, 2.75) is 64.2 Å². The maximum Gasteiger partial charge on any atom is 0.306 e. The number of aliphatic carboxylic acids is 1. The minimum Gasteiger partial charge on any atom is -0.481 e. The average Bonchev–Trinajstić information content (AvgIpc) is 2.46. The molecule has 2 rings (SSSR count). The Balaban J connectivity index is 1.69. The minimum absolute atomic E-state index is 0.0721. The third-order valence-electron chi connectivity index (χ3n) is 5.45. The van der Waals surface area contributed by atoms with Gasteiger partial charge in [-0.1, -0.05) is 12.8 Å². The van der Waals surface area contributed by atoms with Gasteiger partial charge in [0.05, 0.1) is 5.92 Å². The summed E-state index contributed by atoms with van der Waals surface area (Å²) in [6.45, 7) is 0.332. The number of aliphatic hydroxyl groups excluding tert-OH is 1. The first-order chi connectivity index (χ1) is 9.20. The van der Waals surface area contributed by atoms with Crippen LogP contribution in [0, 0.1) is 23.7 Å². The summed E-state index contributed by atoms with van der Waals surface area (Å²) in [5.41, 5.74) is 0. The van der Waals surface area contributed by atoms with Crippen LogP contribution in [0.4, 0.5) is 0 Å². The average molecular weight is 268 g/mol. The van der Waals surface area contributed by atoms with Gasteiger partial charge in [-0.15, -0.1) is 0 Å². The highest BCUT2D eigenvalue weighted by molar-refractivity contribution is 5.69. The van der Waals surface area contributed by atoms with Crippen molar-refractivity contribution >= 4 is 5.97 Å². The maximum absolute atomic E-state index is 11.0. The molecule has 0 atom stereocenters. The Morgan fingerprint density at radius 3 is 1.89 bits per heavy atom. The molecular formula is C16H28O3. The molecule has 0 aromatic rings. The zero-order chi connectivity index (χ0) is 13.7. The third kappa shape index (κ3) is 4.20. The van der Waals surface area contributed by atoms with Crippen LogP contribution in [-0.4, -0.2) is 22.8 Å². The topological polar surface area (TPSA) is 57.5 Å². The van der Waals surface area contributed by atoms with E-state index in [1.165, 1.54) is 32.1 Å². The molecule has 0 bridgehead atoms. The Morgan fingerprint density at radius 2 is 1.42 bits per heavy atom. The summed E-state index contributed by atoms with van der Waals surface area (Å²) < 4.78 is 0. The van der Waals surface area contributed by atoms with Crippen molar-refractivity contribution in [2.24, 2.45) is 23.7 Å². The van der Waals surface area contributed by atoms with E-state index in [4.69, 9.17) is 10.2 Å². The Bertz CT molecular complexity index is 274. The number of rotatable bonds is 5. The summed E-state index contributed by atoms with van der Waals surface area (Å²) in [5, 5.41) is 17.9. The molecule has 2 aliphatic rings. The normalized spacial score (nSPS) is 36.1. The molecule has 3 nitrogen and oxygen atoms in total. The lowest BCUT2D eigenvalue weighted by Crippen LogP contribution is -2.28. The van der Waals surface area contributed by atoms with E-state index >= 15 is 0 Å². The van der Waals surface area contributed by atoms with Crippen molar-refractivity contribution in [3.8, 4) is 0 Å². The summed E-state index contributed by atoms with van der Waals surface area (Å²) in [6.07, 6.45) is 11.5. The van der Waals surface area contributed by atoms with Gasteiger partial charge in [-0.3, -0.25) is 4.79 Å². The lowest BCUT2D eigenvalue weighted by atomic mass is 9.69. The Labute approximate surface area is 116 Å². The molecule has 2 fully saturated rings. The van der Waals surface area contributed by atoms with Crippen molar-refractivity contribution < 1.29 is 15.0 Å². The fourth-order valence-corrected chi connectivity index (χ4v) is 4.17. The van der Waals surface area contributed by atoms with Crippen LogP contribution >= 0.6 is 0 Å². The highest BCUT2D eigenvalue weighted by Crippen LogP contribution is 2.42. The molecule has 0 saturated heterocycles. The summed E-state index contributed by atoms with van der Waals surface area (Å²) in [4.78, 5) is 11.0. The molecule has 0 spiro atoms. The largest absolute Gasteiger partial charge is 0.481 e. The number of hydrogen-bond donors (Lipinski definition) is 2. The van der Waals surface area contributed by atoms with Crippen LogP contribution in [0.15, 0.2) is 0 Å². The Kier molecular flexibility index (Phi) is 5.68. The maximum atomic E-state index is 11.0. The molecule has 2 N–H and O–H groups in total. The summed E-state index contributed by atoms with van der Waals surface area (Å²) in [7, 11) is 0. The van der Waals surface area contributed by atoms with Gasteiger partial charge in [0.1, 0.15) is 0 Å². The summed E-state index contributed by atoms with van der Waals surface area (Å²) in [5.74, 6) is 1.80. The van der Waals surface area contributed by atoms with E-state index < -0.39 is 5.97 Å². The van der Waals surface area contributed by atoms with E-state index in [2.05, 4.69) is 0 Å². The molecule has 0 aromatic heterocycles. The van der Waals surface area contributed by atoms with Crippen LogP contribution in [0.1, 0.15) is 64.2 Å². The molecule has 110 valence electrons. The Morgan fingerprint density at radius 1 is 0.895 bits per heavy atom. The number of carbonyl (C=O) groups is 1. The molecular weight excluding hydrogens is 240 g/mol. The standard InChI is InChI=1S/C16H28O3/c17-11-1-2-12-3-5-13(6-4-12)14-7-9-15(10-8-14)16(18)19/h12-15,17H,1-11H2,(H,18,19)/t12-,13-,14?,15?. The predicted molar refractivity (Wildman–Crippen MR) is 74.9 cm³/mol. The van der Waals surface area contributed by atoms with Gasteiger partial charge in [0.2, 0.25) is 0 Å². The second kappa shape index (κ2) is 7.28. The van der Waals surface area contributed by atoms with Crippen molar-refractivity contribution in [2.75, 3.05) is 6.61 Å². The fraction of sp³-hybridized carbons (Fsp3) is 0.938. The Hall–Kier alpha value is -0.570. The molecule has 2 aliphatic carbocycles. The molecule has 0 heterocycles. The molecule has 19 heavy (non-hydrogen) atoms. The van der Waals surface area contributed by atoms with Gasteiger partial charge in [-0.25, -0.2) is 0 Å². The molecule has 3 heteroatoms. The highest BCUT2D eigenvalue weighted by atomic mass is 16.4. The van der Waals surface area contributed by atoms with Gasteiger partial charge < -0.3 is 10.2 Å². The van der Waals surface area contributed by atoms with E-state index in [0.29, 0.717) is 6.61 Å². The van der Waals surface area contributed by atoms with Crippen molar-refractivity contribution in [3.63, 3.8) is 0 Å². The first-order valence-corrected chi connectivity index (χ1v) is 8.04. The van der Waals surface area contributed by atoms with Crippen LogP contribution in [-0.2, 0) is 4.79 Å². The summed E-state index contributed by atoms with van der Waals surface area (Å²) >= 11 is 0. The third-order valence-corrected chi connectivity index (χ3v) is 5.45.